The Kier molecular flexibility index (Phi) is 2.29. The monoisotopic (exact) mass is 126 g/mol. The van der Waals surface area contributed by atoms with Gasteiger partial charge in [0.05, 0.1) is 6.10 Å². The van der Waals surface area contributed by atoms with Gasteiger partial charge in [-0.25, -0.2) is 0 Å². The fourth-order valence-corrected chi connectivity index (χ4v) is 1.20. The maximum Gasteiger partial charge on any atom is 0.0721 e. The van der Waals surface area contributed by atoms with Gasteiger partial charge in [-0.3, -0.25) is 0 Å². The van der Waals surface area contributed by atoms with Gasteiger partial charge in [-0.15, -0.1) is 0 Å². The Bertz CT molecular complexity index is 107. The average Bonchev–Trinajstić information content (AvgIpc) is 1.90. The Morgan fingerprint density at radius 3 is 2.67 bits per heavy atom. The van der Waals surface area contributed by atoms with E-state index in [1.54, 1.807) is 0 Å². The molecule has 0 aliphatic heterocycles. The van der Waals surface area contributed by atoms with Crippen LogP contribution in [0.4, 0.5) is 0 Å². The third-order valence-corrected chi connectivity index (χ3v) is 1.96. The van der Waals surface area contributed by atoms with Crippen LogP contribution in [0.3, 0.4) is 0 Å². The first-order chi connectivity index (χ1) is 4.33. The van der Waals surface area contributed by atoms with Crippen molar-refractivity contribution in [3.8, 4) is 0 Å². The van der Waals surface area contributed by atoms with Crippen LogP contribution in [0.1, 0.15) is 26.2 Å². The normalized spacial score (nSPS) is 34.9. The van der Waals surface area contributed by atoms with Crippen LogP contribution >= 0.6 is 0 Å². The molecule has 0 saturated carbocycles. The second kappa shape index (κ2) is 3.02. The highest BCUT2D eigenvalue weighted by Gasteiger charge is 2.10. The summed E-state index contributed by atoms with van der Waals surface area (Å²) in [6.07, 6.45) is 7.21. The van der Waals surface area contributed by atoms with Crippen molar-refractivity contribution in [3.05, 3.63) is 12.2 Å². The van der Waals surface area contributed by atoms with Crippen LogP contribution < -0.4 is 0 Å². The van der Waals surface area contributed by atoms with Crippen LogP contribution in [0.5, 0.6) is 0 Å². The van der Waals surface area contributed by atoms with E-state index < -0.39 is 0 Å². The van der Waals surface area contributed by atoms with Crippen LogP contribution in [-0.4, -0.2) is 11.2 Å². The summed E-state index contributed by atoms with van der Waals surface area (Å²) >= 11 is 0. The van der Waals surface area contributed by atoms with E-state index in [-0.39, 0.29) is 6.10 Å². The molecule has 2 atom stereocenters. The van der Waals surface area contributed by atoms with Gasteiger partial charge in [0, 0.05) is 0 Å². The molecule has 2 unspecified atom stereocenters. The fraction of sp³-hybridized carbons (Fsp3) is 0.750. The number of aliphatic hydroxyl groups excluding tert-OH is 1. The standard InChI is InChI=1S/C8H14O/c1-2-7-3-5-8(9)6-4-7/h3,5,7-9H,2,4,6H2,1H3. The van der Waals surface area contributed by atoms with Crippen molar-refractivity contribution in [2.24, 2.45) is 5.92 Å². The van der Waals surface area contributed by atoms with Crippen molar-refractivity contribution in [2.75, 3.05) is 0 Å². The van der Waals surface area contributed by atoms with Gasteiger partial charge in [-0.2, -0.15) is 0 Å². The molecule has 0 aromatic carbocycles. The van der Waals surface area contributed by atoms with E-state index in [2.05, 4.69) is 13.0 Å². The minimum absolute atomic E-state index is 0.159. The lowest BCUT2D eigenvalue weighted by molar-refractivity contribution is 0.194. The van der Waals surface area contributed by atoms with Crippen LogP contribution in [0.2, 0.25) is 0 Å². The highest BCUT2D eigenvalue weighted by molar-refractivity contribution is 4.97. The van der Waals surface area contributed by atoms with Gasteiger partial charge < -0.3 is 5.11 Å². The Labute approximate surface area is 56.4 Å². The van der Waals surface area contributed by atoms with E-state index in [0.717, 1.165) is 18.8 Å². The summed E-state index contributed by atoms with van der Waals surface area (Å²) in [6.45, 7) is 2.19. The molecule has 1 nitrogen and oxygen atoms in total. The summed E-state index contributed by atoms with van der Waals surface area (Å²) in [6, 6.07) is 0. The predicted molar refractivity (Wildman–Crippen MR) is 38.2 cm³/mol. The Hall–Kier alpha value is -0.300. The van der Waals surface area contributed by atoms with E-state index in [9.17, 15) is 0 Å². The smallest absolute Gasteiger partial charge is 0.0721 e. The predicted octanol–water partition coefficient (Wildman–Crippen LogP) is 1.72. The maximum atomic E-state index is 9.04. The van der Waals surface area contributed by atoms with Crippen molar-refractivity contribution in [3.63, 3.8) is 0 Å². The van der Waals surface area contributed by atoms with Crippen LogP contribution in [0.25, 0.3) is 0 Å². The molecule has 52 valence electrons. The van der Waals surface area contributed by atoms with Gasteiger partial charge in [-0.1, -0.05) is 19.1 Å². The third-order valence-electron chi connectivity index (χ3n) is 1.96. The molecular weight excluding hydrogens is 112 g/mol. The molecule has 0 aromatic rings. The van der Waals surface area contributed by atoms with Crippen molar-refractivity contribution >= 4 is 0 Å². The van der Waals surface area contributed by atoms with Gasteiger partial charge in [0.1, 0.15) is 0 Å². The number of aliphatic hydroxyl groups is 1. The van der Waals surface area contributed by atoms with Crippen molar-refractivity contribution in [1.82, 2.24) is 0 Å². The molecule has 1 aliphatic carbocycles. The lowest BCUT2D eigenvalue weighted by Crippen LogP contribution is -2.11. The average molecular weight is 126 g/mol. The third kappa shape index (κ3) is 1.83. The van der Waals surface area contributed by atoms with Crippen LogP contribution in [0.15, 0.2) is 12.2 Å². The van der Waals surface area contributed by atoms with Crippen molar-refractivity contribution < 1.29 is 5.11 Å². The summed E-state index contributed by atoms with van der Waals surface area (Å²) in [5.41, 5.74) is 0. The molecular formula is C8H14O. The molecule has 1 heteroatoms. The number of hydrogen-bond acceptors (Lipinski definition) is 1. The second-order valence-corrected chi connectivity index (χ2v) is 2.70. The van der Waals surface area contributed by atoms with E-state index >= 15 is 0 Å². The minimum atomic E-state index is -0.159. The molecule has 1 aliphatic rings. The van der Waals surface area contributed by atoms with Crippen LogP contribution in [-0.2, 0) is 0 Å². The quantitative estimate of drug-likeness (QED) is 0.530. The van der Waals surface area contributed by atoms with E-state index in [1.807, 2.05) is 6.08 Å². The Morgan fingerprint density at radius 1 is 1.44 bits per heavy atom. The molecule has 0 amide bonds. The summed E-state index contributed by atoms with van der Waals surface area (Å²) in [5.74, 6) is 0.730. The first-order valence-electron chi connectivity index (χ1n) is 3.69. The van der Waals surface area contributed by atoms with E-state index in [1.165, 1.54) is 6.42 Å². The Balaban J connectivity index is 2.38. The van der Waals surface area contributed by atoms with Crippen LogP contribution in [0, 0.1) is 5.92 Å². The maximum absolute atomic E-state index is 9.04. The van der Waals surface area contributed by atoms with Gasteiger partial charge in [0.2, 0.25) is 0 Å². The zero-order valence-corrected chi connectivity index (χ0v) is 5.88. The number of rotatable bonds is 1. The minimum Gasteiger partial charge on any atom is -0.389 e. The molecule has 0 spiro atoms. The van der Waals surface area contributed by atoms with Crippen molar-refractivity contribution in [2.45, 2.75) is 32.3 Å². The number of hydrogen-bond donors (Lipinski definition) is 1. The molecule has 9 heavy (non-hydrogen) atoms. The lowest BCUT2D eigenvalue weighted by Gasteiger charge is -2.17. The van der Waals surface area contributed by atoms with E-state index in [0.29, 0.717) is 0 Å². The SMILES string of the molecule is CCC1C=CC(O)CC1. The highest BCUT2D eigenvalue weighted by Crippen LogP contribution is 2.19. The molecule has 1 N–H and O–H groups in total. The first-order valence-corrected chi connectivity index (χ1v) is 3.69. The lowest BCUT2D eigenvalue weighted by atomic mass is 9.92. The molecule has 1 rings (SSSR count). The summed E-state index contributed by atoms with van der Waals surface area (Å²) in [5, 5.41) is 9.04. The summed E-state index contributed by atoms with van der Waals surface area (Å²) in [7, 11) is 0. The highest BCUT2D eigenvalue weighted by atomic mass is 16.3. The van der Waals surface area contributed by atoms with Crippen molar-refractivity contribution in [1.29, 1.82) is 0 Å². The second-order valence-electron chi connectivity index (χ2n) is 2.70. The Morgan fingerprint density at radius 2 is 2.22 bits per heavy atom. The molecule has 0 bridgehead atoms. The van der Waals surface area contributed by atoms with Gasteiger partial charge in [0.25, 0.3) is 0 Å². The molecule has 0 heterocycles. The summed E-state index contributed by atoms with van der Waals surface area (Å²) < 4.78 is 0. The topological polar surface area (TPSA) is 20.2 Å². The largest absolute Gasteiger partial charge is 0.389 e. The molecule has 0 aromatic heterocycles. The fourth-order valence-electron chi connectivity index (χ4n) is 1.20. The zero-order chi connectivity index (χ0) is 6.69. The molecule has 0 fully saturated rings. The molecule has 0 radical (unpaired) electrons. The van der Waals surface area contributed by atoms with Gasteiger partial charge >= 0.3 is 0 Å². The first kappa shape index (κ1) is 6.81. The van der Waals surface area contributed by atoms with Gasteiger partial charge in [-0.05, 0) is 25.2 Å². The molecule has 0 saturated heterocycles. The van der Waals surface area contributed by atoms with E-state index in [4.69, 9.17) is 5.11 Å². The zero-order valence-electron chi connectivity index (χ0n) is 5.88. The number of allylic oxidation sites excluding steroid dienone is 1. The summed E-state index contributed by atoms with van der Waals surface area (Å²) in [4.78, 5) is 0. The van der Waals surface area contributed by atoms with Gasteiger partial charge in [0.15, 0.2) is 0 Å².